The first kappa shape index (κ1) is 8.70. The molecule has 0 saturated carbocycles. The predicted octanol–water partition coefficient (Wildman–Crippen LogP) is 1.92. The molecule has 2 heteroatoms. The van der Waals surface area contributed by atoms with Crippen molar-refractivity contribution in [2.75, 3.05) is 6.54 Å². The van der Waals surface area contributed by atoms with Gasteiger partial charge in [0.05, 0.1) is 0 Å². The normalized spacial score (nSPS) is 21.6. The Morgan fingerprint density at radius 2 is 2.38 bits per heavy atom. The average Bonchev–Trinajstić information content (AvgIpc) is 2.17. The van der Waals surface area contributed by atoms with E-state index in [9.17, 15) is 0 Å². The van der Waals surface area contributed by atoms with Crippen LogP contribution in [0.5, 0.6) is 0 Å². The second-order valence-electron chi connectivity index (χ2n) is 3.97. The number of pyridine rings is 1. The van der Waals surface area contributed by atoms with Gasteiger partial charge in [-0.25, -0.2) is 0 Å². The molecule has 70 valence electrons. The van der Waals surface area contributed by atoms with Crippen molar-refractivity contribution in [2.24, 2.45) is 5.92 Å². The third-order valence-corrected chi connectivity index (χ3v) is 2.65. The fourth-order valence-electron chi connectivity index (χ4n) is 1.99. The van der Waals surface area contributed by atoms with Gasteiger partial charge in [0.15, 0.2) is 0 Å². The van der Waals surface area contributed by atoms with Crippen LogP contribution in [-0.2, 0) is 6.42 Å². The summed E-state index contributed by atoms with van der Waals surface area (Å²) in [6, 6.07) is 4.72. The van der Waals surface area contributed by atoms with Gasteiger partial charge in [-0.05, 0) is 17.5 Å². The van der Waals surface area contributed by atoms with Gasteiger partial charge in [0.1, 0.15) is 0 Å². The third kappa shape index (κ3) is 1.59. The second-order valence-corrected chi connectivity index (χ2v) is 3.97. The lowest BCUT2D eigenvalue weighted by Gasteiger charge is -2.28. The van der Waals surface area contributed by atoms with E-state index in [1.54, 1.807) is 0 Å². The van der Waals surface area contributed by atoms with Gasteiger partial charge < -0.3 is 5.32 Å². The minimum Gasteiger partial charge on any atom is -0.309 e. The van der Waals surface area contributed by atoms with Gasteiger partial charge in [0.25, 0.3) is 0 Å². The Kier molecular flexibility index (Phi) is 2.32. The van der Waals surface area contributed by atoms with Crippen molar-refractivity contribution >= 4 is 0 Å². The molecule has 1 aliphatic heterocycles. The van der Waals surface area contributed by atoms with E-state index in [1.165, 1.54) is 11.3 Å². The average molecular weight is 176 g/mol. The Bertz CT molecular complexity index is 294. The zero-order valence-corrected chi connectivity index (χ0v) is 8.25. The van der Waals surface area contributed by atoms with Crippen molar-refractivity contribution in [3.8, 4) is 0 Å². The summed E-state index contributed by atoms with van der Waals surface area (Å²) in [4.78, 5) is 4.41. The highest BCUT2D eigenvalue weighted by Crippen LogP contribution is 2.26. The fraction of sp³-hybridized carbons (Fsp3) is 0.545. The van der Waals surface area contributed by atoms with Crippen LogP contribution < -0.4 is 5.32 Å². The molecule has 0 fully saturated rings. The van der Waals surface area contributed by atoms with Crippen molar-refractivity contribution in [1.82, 2.24) is 10.3 Å². The number of nitrogens with zero attached hydrogens (tertiary/aromatic N) is 1. The standard InChI is InChI=1S/C11H16N2/c1-8(2)11-9-4-3-6-12-10(9)5-7-13-11/h3-4,6,8,11,13H,5,7H2,1-2H3. The zero-order chi connectivity index (χ0) is 9.26. The van der Waals surface area contributed by atoms with Gasteiger partial charge in [-0.1, -0.05) is 19.9 Å². The van der Waals surface area contributed by atoms with Crippen LogP contribution >= 0.6 is 0 Å². The summed E-state index contributed by atoms with van der Waals surface area (Å²) in [7, 11) is 0. The van der Waals surface area contributed by atoms with Crippen LogP contribution in [0.4, 0.5) is 0 Å². The molecule has 0 spiro atoms. The van der Waals surface area contributed by atoms with Crippen LogP contribution in [0, 0.1) is 5.92 Å². The van der Waals surface area contributed by atoms with Gasteiger partial charge in [0, 0.05) is 30.9 Å². The van der Waals surface area contributed by atoms with Crippen LogP contribution in [0.2, 0.25) is 0 Å². The van der Waals surface area contributed by atoms with E-state index in [-0.39, 0.29) is 0 Å². The smallest absolute Gasteiger partial charge is 0.0464 e. The summed E-state index contributed by atoms with van der Waals surface area (Å²) in [6.07, 6.45) is 2.96. The number of nitrogens with one attached hydrogen (secondary N) is 1. The van der Waals surface area contributed by atoms with Crippen LogP contribution in [0.3, 0.4) is 0 Å². The molecule has 1 aliphatic rings. The molecule has 0 aliphatic carbocycles. The van der Waals surface area contributed by atoms with E-state index >= 15 is 0 Å². The van der Waals surface area contributed by atoms with Gasteiger partial charge in [-0.2, -0.15) is 0 Å². The number of hydrogen-bond acceptors (Lipinski definition) is 2. The maximum absolute atomic E-state index is 4.41. The maximum atomic E-state index is 4.41. The molecule has 2 nitrogen and oxygen atoms in total. The number of aromatic nitrogens is 1. The summed E-state index contributed by atoms with van der Waals surface area (Å²) in [6.45, 7) is 5.56. The number of fused-ring (bicyclic) bond motifs is 1. The molecule has 1 atom stereocenters. The van der Waals surface area contributed by atoms with Crippen LogP contribution in [0.15, 0.2) is 18.3 Å². The summed E-state index contributed by atoms with van der Waals surface area (Å²) < 4.78 is 0. The van der Waals surface area contributed by atoms with Crippen molar-refractivity contribution < 1.29 is 0 Å². The number of rotatable bonds is 1. The maximum Gasteiger partial charge on any atom is 0.0464 e. The molecule has 0 aromatic carbocycles. The largest absolute Gasteiger partial charge is 0.309 e. The van der Waals surface area contributed by atoms with E-state index in [4.69, 9.17) is 0 Å². The van der Waals surface area contributed by atoms with Crippen LogP contribution in [0.25, 0.3) is 0 Å². The molecule has 2 heterocycles. The Morgan fingerprint density at radius 1 is 1.54 bits per heavy atom. The van der Waals surface area contributed by atoms with E-state index in [1.807, 2.05) is 12.3 Å². The molecule has 0 saturated heterocycles. The van der Waals surface area contributed by atoms with E-state index in [0.29, 0.717) is 12.0 Å². The third-order valence-electron chi connectivity index (χ3n) is 2.65. The van der Waals surface area contributed by atoms with Crippen LogP contribution in [-0.4, -0.2) is 11.5 Å². The van der Waals surface area contributed by atoms with Crippen LogP contribution in [0.1, 0.15) is 31.1 Å². The van der Waals surface area contributed by atoms with Gasteiger partial charge in [-0.15, -0.1) is 0 Å². The lowest BCUT2D eigenvalue weighted by molar-refractivity contribution is 0.392. The first-order chi connectivity index (χ1) is 6.29. The molecular formula is C11H16N2. The molecule has 0 radical (unpaired) electrons. The van der Waals surface area contributed by atoms with E-state index < -0.39 is 0 Å². The molecule has 1 unspecified atom stereocenters. The molecule has 1 aromatic heterocycles. The SMILES string of the molecule is CC(C)C1NCCc2ncccc21. The molecule has 13 heavy (non-hydrogen) atoms. The lowest BCUT2D eigenvalue weighted by atomic mass is 9.91. The zero-order valence-electron chi connectivity index (χ0n) is 8.25. The molecular weight excluding hydrogens is 160 g/mol. The molecule has 0 bridgehead atoms. The summed E-state index contributed by atoms with van der Waals surface area (Å²) in [5, 5.41) is 3.53. The highest BCUT2D eigenvalue weighted by molar-refractivity contribution is 5.26. The quantitative estimate of drug-likeness (QED) is 0.707. The summed E-state index contributed by atoms with van der Waals surface area (Å²) in [5.74, 6) is 0.642. The first-order valence-electron chi connectivity index (χ1n) is 4.96. The lowest BCUT2D eigenvalue weighted by Crippen LogP contribution is -2.33. The Labute approximate surface area is 79.4 Å². The minimum atomic E-state index is 0.498. The predicted molar refractivity (Wildman–Crippen MR) is 53.5 cm³/mol. The Balaban J connectivity index is 2.37. The highest BCUT2D eigenvalue weighted by Gasteiger charge is 2.22. The molecule has 0 amide bonds. The summed E-state index contributed by atoms with van der Waals surface area (Å²) >= 11 is 0. The minimum absolute atomic E-state index is 0.498. The van der Waals surface area contributed by atoms with Crippen molar-refractivity contribution in [3.05, 3.63) is 29.6 Å². The summed E-state index contributed by atoms with van der Waals surface area (Å²) in [5.41, 5.74) is 2.67. The second kappa shape index (κ2) is 3.46. The van der Waals surface area contributed by atoms with Gasteiger partial charge >= 0.3 is 0 Å². The highest BCUT2D eigenvalue weighted by atomic mass is 14.9. The van der Waals surface area contributed by atoms with Crippen molar-refractivity contribution in [2.45, 2.75) is 26.3 Å². The monoisotopic (exact) mass is 176 g/mol. The van der Waals surface area contributed by atoms with Gasteiger partial charge in [-0.3, -0.25) is 4.98 Å². The fourth-order valence-corrected chi connectivity index (χ4v) is 1.99. The molecule has 2 rings (SSSR count). The topological polar surface area (TPSA) is 24.9 Å². The first-order valence-corrected chi connectivity index (χ1v) is 4.96. The van der Waals surface area contributed by atoms with E-state index in [0.717, 1.165) is 13.0 Å². The number of hydrogen-bond donors (Lipinski definition) is 1. The van der Waals surface area contributed by atoms with Gasteiger partial charge in [0.2, 0.25) is 0 Å². The molecule has 1 N–H and O–H groups in total. The Morgan fingerprint density at radius 3 is 3.15 bits per heavy atom. The van der Waals surface area contributed by atoms with Crippen molar-refractivity contribution in [3.63, 3.8) is 0 Å². The van der Waals surface area contributed by atoms with E-state index in [2.05, 4.69) is 30.2 Å². The molecule has 1 aromatic rings. The van der Waals surface area contributed by atoms with Crippen molar-refractivity contribution in [1.29, 1.82) is 0 Å². The Hall–Kier alpha value is -0.890.